The lowest BCUT2D eigenvalue weighted by Gasteiger charge is -2.10. The van der Waals surface area contributed by atoms with E-state index in [1.54, 1.807) is 0 Å². The van der Waals surface area contributed by atoms with E-state index in [4.69, 9.17) is 23.5 Å². The molecule has 0 fully saturated rings. The summed E-state index contributed by atoms with van der Waals surface area (Å²) in [4.78, 5) is 14.7. The van der Waals surface area contributed by atoms with Gasteiger partial charge in [-0.15, -0.1) is 11.3 Å². The molecule has 0 amide bonds. The number of para-hydroxylation sites is 1. The van der Waals surface area contributed by atoms with Crippen molar-refractivity contribution in [3.8, 4) is 56.4 Å². The van der Waals surface area contributed by atoms with Crippen LogP contribution in [0.4, 0.5) is 0 Å². The van der Waals surface area contributed by atoms with E-state index < -0.39 is 0 Å². The summed E-state index contributed by atoms with van der Waals surface area (Å²) in [6, 6.07) is 39.6. The minimum atomic E-state index is -0.256. The molecular weight excluding hydrogens is 631 g/mol. The Balaban J connectivity index is 1.22. The Kier molecular flexibility index (Phi) is 5.35. The third-order valence-electron chi connectivity index (χ3n) is 8.88. The van der Waals surface area contributed by atoms with Crippen molar-refractivity contribution in [2.75, 3.05) is 0 Å². The quantitative estimate of drug-likeness (QED) is 0.184. The summed E-state index contributed by atoms with van der Waals surface area (Å²) in [5.41, 5.74) is 6.06. The number of fused-ring (bicyclic) bond motifs is 6. The standard InChI is InChI=1S/C45H27N3OS/c1-3-10-28(11-4-1)29-18-20-31(21-19-29)43-46-44(32-23-25-39-37(26-32)35-14-7-8-16-38(35)49-39)48-45(47-43)33-22-24-36-41(27-33)50-40-17-9-15-34(42(36)40)30-12-5-2-6-13-30/h1-27H/i9D,15D,17D,22D,24D,27D. The van der Waals surface area contributed by atoms with E-state index in [0.717, 1.165) is 38.8 Å². The van der Waals surface area contributed by atoms with Crippen LogP contribution in [0.3, 0.4) is 0 Å². The second-order valence-electron chi connectivity index (χ2n) is 11.9. The summed E-state index contributed by atoms with van der Waals surface area (Å²) in [7, 11) is 0. The van der Waals surface area contributed by atoms with Gasteiger partial charge in [-0.3, -0.25) is 0 Å². The molecule has 0 aliphatic rings. The van der Waals surface area contributed by atoms with Crippen LogP contribution in [0.5, 0.6) is 0 Å². The minimum absolute atomic E-state index is 0.0553. The Labute approximate surface area is 300 Å². The third kappa shape index (κ3) is 4.87. The van der Waals surface area contributed by atoms with Crippen LogP contribution in [0.25, 0.3) is 98.5 Å². The Morgan fingerprint density at radius 1 is 0.460 bits per heavy atom. The molecule has 0 radical (unpaired) electrons. The zero-order chi connectivity index (χ0) is 38.2. The maximum Gasteiger partial charge on any atom is 0.164 e. The highest BCUT2D eigenvalue weighted by Crippen LogP contribution is 2.41. The van der Waals surface area contributed by atoms with Gasteiger partial charge in [0, 0.05) is 47.6 Å². The number of hydrogen-bond donors (Lipinski definition) is 0. The predicted molar refractivity (Wildman–Crippen MR) is 207 cm³/mol. The highest BCUT2D eigenvalue weighted by molar-refractivity contribution is 7.26. The normalized spacial score (nSPS) is 13.3. The molecule has 0 saturated heterocycles. The van der Waals surface area contributed by atoms with Gasteiger partial charge in [-0.1, -0.05) is 127 Å². The molecule has 5 heteroatoms. The van der Waals surface area contributed by atoms with Gasteiger partial charge in [0.2, 0.25) is 0 Å². The van der Waals surface area contributed by atoms with Crippen LogP contribution < -0.4 is 0 Å². The first-order valence-corrected chi connectivity index (χ1v) is 16.9. The van der Waals surface area contributed by atoms with E-state index in [1.807, 2.05) is 127 Å². The SMILES string of the molecule is [2H]c1c([2H])c(-c2ccccc2)c2c(sc3c([2H])c(-c4nc(-c5ccc(-c6ccccc6)cc5)nc(-c5ccc6oc7ccccc7c6c5)n4)c([2H])c([2H])c32)c1[2H]. The smallest absolute Gasteiger partial charge is 0.164 e. The maximum atomic E-state index is 9.59. The predicted octanol–water partition coefficient (Wildman–Crippen LogP) is 12.5. The highest BCUT2D eigenvalue weighted by atomic mass is 32.1. The fourth-order valence-corrected chi connectivity index (χ4v) is 7.46. The molecule has 0 N–H and O–H groups in total. The molecule has 0 bridgehead atoms. The van der Waals surface area contributed by atoms with Gasteiger partial charge in [0.15, 0.2) is 17.5 Å². The first-order chi connectivity index (χ1) is 27.3. The number of rotatable bonds is 5. The molecule has 0 saturated carbocycles. The van der Waals surface area contributed by atoms with E-state index >= 15 is 0 Å². The van der Waals surface area contributed by atoms with Crippen molar-refractivity contribution in [1.82, 2.24) is 15.0 Å². The largest absolute Gasteiger partial charge is 0.456 e. The van der Waals surface area contributed by atoms with Crippen LogP contribution in [-0.4, -0.2) is 15.0 Å². The number of benzene rings is 7. The topological polar surface area (TPSA) is 51.8 Å². The summed E-state index contributed by atoms with van der Waals surface area (Å²) < 4.78 is 61.6. The summed E-state index contributed by atoms with van der Waals surface area (Å²) in [6.07, 6.45) is 0. The van der Waals surface area contributed by atoms with Crippen molar-refractivity contribution in [3.63, 3.8) is 0 Å². The number of thiophene rings is 1. The van der Waals surface area contributed by atoms with E-state index in [0.29, 0.717) is 59.7 Å². The van der Waals surface area contributed by atoms with Crippen molar-refractivity contribution >= 4 is 53.4 Å². The first-order valence-electron chi connectivity index (χ1n) is 19.1. The third-order valence-corrected chi connectivity index (χ3v) is 9.90. The first kappa shape index (κ1) is 23.0. The van der Waals surface area contributed by atoms with Crippen molar-refractivity contribution in [2.24, 2.45) is 0 Å². The molecule has 3 heterocycles. The van der Waals surface area contributed by atoms with Gasteiger partial charge in [-0.2, -0.15) is 0 Å². The lowest BCUT2D eigenvalue weighted by Crippen LogP contribution is -2.00. The molecule has 0 aliphatic carbocycles. The summed E-state index contributed by atoms with van der Waals surface area (Å²) >= 11 is 1.12. The highest BCUT2D eigenvalue weighted by Gasteiger charge is 2.17. The van der Waals surface area contributed by atoms with Crippen LogP contribution in [0.15, 0.2) is 168 Å². The Morgan fingerprint density at radius 3 is 1.88 bits per heavy atom. The van der Waals surface area contributed by atoms with Crippen molar-refractivity contribution < 1.29 is 12.6 Å². The molecule has 0 unspecified atom stereocenters. The average molecular weight is 664 g/mol. The number of nitrogens with zero attached hydrogens (tertiary/aromatic N) is 3. The van der Waals surface area contributed by atoms with Gasteiger partial charge >= 0.3 is 0 Å². The summed E-state index contributed by atoms with van der Waals surface area (Å²) in [6.45, 7) is 0. The average Bonchev–Trinajstić information content (AvgIpc) is 3.82. The number of hydrogen-bond acceptors (Lipinski definition) is 5. The van der Waals surface area contributed by atoms with Crippen molar-refractivity contribution in [1.29, 1.82) is 0 Å². The van der Waals surface area contributed by atoms with Gasteiger partial charge in [0.05, 0.1) is 8.22 Å². The van der Waals surface area contributed by atoms with Crippen LogP contribution in [0, 0.1) is 0 Å². The van der Waals surface area contributed by atoms with Gasteiger partial charge < -0.3 is 4.42 Å². The Morgan fingerprint density at radius 2 is 1.08 bits per heavy atom. The Hall–Kier alpha value is -6.43. The van der Waals surface area contributed by atoms with Gasteiger partial charge in [0.25, 0.3) is 0 Å². The van der Waals surface area contributed by atoms with Crippen LogP contribution in [0.2, 0.25) is 0 Å². The minimum Gasteiger partial charge on any atom is -0.456 e. The van der Waals surface area contributed by atoms with E-state index in [2.05, 4.69) is 0 Å². The van der Waals surface area contributed by atoms with Crippen LogP contribution in [-0.2, 0) is 0 Å². The molecule has 0 spiro atoms. The zero-order valence-corrected chi connectivity index (χ0v) is 27.1. The molecule has 0 atom stereocenters. The molecule has 50 heavy (non-hydrogen) atoms. The molecule has 4 nitrogen and oxygen atoms in total. The van der Waals surface area contributed by atoms with E-state index in [9.17, 15) is 4.11 Å². The van der Waals surface area contributed by atoms with Crippen LogP contribution >= 0.6 is 11.3 Å². The van der Waals surface area contributed by atoms with Gasteiger partial charge in [0.1, 0.15) is 11.2 Å². The van der Waals surface area contributed by atoms with Crippen molar-refractivity contribution in [2.45, 2.75) is 0 Å². The van der Waals surface area contributed by atoms with Crippen molar-refractivity contribution in [3.05, 3.63) is 164 Å². The van der Waals surface area contributed by atoms with Crippen LogP contribution in [0.1, 0.15) is 8.22 Å². The fraction of sp³-hybridized carbons (Fsp3) is 0. The molecule has 10 rings (SSSR count). The van der Waals surface area contributed by atoms with Gasteiger partial charge in [-0.05, 0) is 58.6 Å². The van der Waals surface area contributed by atoms with E-state index in [-0.39, 0.29) is 47.6 Å². The molecule has 234 valence electrons. The second kappa shape index (κ2) is 11.6. The molecule has 0 aliphatic heterocycles. The summed E-state index contributed by atoms with van der Waals surface area (Å²) in [5, 5.41) is 2.56. The molecule has 10 aromatic rings. The number of aromatic nitrogens is 3. The Bertz CT molecular complexity index is 3200. The molecule has 7 aromatic carbocycles. The lowest BCUT2D eigenvalue weighted by atomic mass is 9.99. The lowest BCUT2D eigenvalue weighted by molar-refractivity contribution is 0.669. The summed E-state index contributed by atoms with van der Waals surface area (Å²) in [5.74, 6) is 0.721. The maximum absolute atomic E-state index is 9.59. The zero-order valence-electron chi connectivity index (χ0n) is 32.3. The second-order valence-corrected chi connectivity index (χ2v) is 13.0. The number of furan rings is 1. The monoisotopic (exact) mass is 663 g/mol. The molecular formula is C45H27N3OS. The molecule has 3 aromatic heterocycles. The van der Waals surface area contributed by atoms with Gasteiger partial charge in [-0.25, -0.2) is 15.0 Å². The fourth-order valence-electron chi connectivity index (χ4n) is 6.43. The van der Waals surface area contributed by atoms with E-state index in [1.165, 1.54) is 0 Å².